The van der Waals surface area contributed by atoms with E-state index in [9.17, 15) is 4.39 Å². The number of hydrogen-bond donors (Lipinski definition) is 1. The molecule has 2 N–H and O–H groups in total. The van der Waals surface area contributed by atoms with Gasteiger partial charge in [0, 0.05) is 12.1 Å². The largest absolute Gasteiger partial charge is 0.485 e. The highest BCUT2D eigenvalue weighted by atomic mass is 19.1. The van der Waals surface area contributed by atoms with Crippen LogP contribution in [0.15, 0.2) is 42.5 Å². The van der Waals surface area contributed by atoms with Gasteiger partial charge < -0.3 is 10.5 Å². The van der Waals surface area contributed by atoms with E-state index >= 15 is 0 Å². The SMILES string of the molecule is Cc1ccc(COc2c(F)cccc2CN)cc1. The summed E-state index contributed by atoms with van der Waals surface area (Å²) in [6.07, 6.45) is 0. The third-order valence-electron chi connectivity index (χ3n) is 2.77. The number of nitrogens with two attached hydrogens (primary N) is 1. The summed E-state index contributed by atoms with van der Waals surface area (Å²) in [5, 5.41) is 0. The van der Waals surface area contributed by atoms with Crippen LogP contribution in [0.5, 0.6) is 5.75 Å². The van der Waals surface area contributed by atoms with Crippen molar-refractivity contribution in [3.63, 3.8) is 0 Å². The average Bonchev–Trinajstić information content (AvgIpc) is 2.39. The fourth-order valence-electron chi connectivity index (χ4n) is 1.72. The smallest absolute Gasteiger partial charge is 0.165 e. The van der Waals surface area contributed by atoms with Crippen molar-refractivity contribution >= 4 is 0 Å². The second kappa shape index (κ2) is 5.65. The molecular weight excluding hydrogens is 229 g/mol. The van der Waals surface area contributed by atoms with Crippen molar-refractivity contribution < 1.29 is 9.13 Å². The van der Waals surface area contributed by atoms with E-state index in [-0.39, 0.29) is 18.1 Å². The first-order valence-corrected chi connectivity index (χ1v) is 5.86. The standard InChI is InChI=1S/C15H16FNO/c1-11-5-7-12(8-6-11)10-18-15-13(9-17)3-2-4-14(15)16/h2-8H,9-10,17H2,1H3. The van der Waals surface area contributed by atoms with E-state index in [0.717, 1.165) is 5.56 Å². The second-order valence-corrected chi connectivity index (χ2v) is 4.21. The molecule has 2 nitrogen and oxygen atoms in total. The number of aryl methyl sites for hydroxylation is 1. The van der Waals surface area contributed by atoms with Crippen LogP contribution >= 0.6 is 0 Å². The van der Waals surface area contributed by atoms with Gasteiger partial charge in [0.15, 0.2) is 11.6 Å². The first-order valence-electron chi connectivity index (χ1n) is 5.86. The highest BCUT2D eigenvalue weighted by Gasteiger charge is 2.08. The normalized spacial score (nSPS) is 10.4. The lowest BCUT2D eigenvalue weighted by molar-refractivity contribution is 0.287. The third-order valence-corrected chi connectivity index (χ3v) is 2.77. The molecule has 0 aliphatic carbocycles. The van der Waals surface area contributed by atoms with Gasteiger partial charge in [-0.05, 0) is 18.6 Å². The molecule has 0 spiro atoms. The maximum Gasteiger partial charge on any atom is 0.165 e. The van der Waals surface area contributed by atoms with Crippen molar-refractivity contribution in [3.8, 4) is 5.75 Å². The highest BCUT2D eigenvalue weighted by Crippen LogP contribution is 2.23. The summed E-state index contributed by atoms with van der Waals surface area (Å²) in [6.45, 7) is 2.63. The molecule has 2 aromatic carbocycles. The maximum absolute atomic E-state index is 13.6. The molecule has 18 heavy (non-hydrogen) atoms. The van der Waals surface area contributed by atoms with Crippen molar-refractivity contribution in [1.29, 1.82) is 0 Å². The lowest BCUT2D eigenvalue weighted by Gasteiger charge is -2.11. The number of hydrogen-bond acceptors (Lipinski definition) is 2. The van der Waals surface area contributed by atoms with Crippen molar-refractivity contribution in [2.75, 3.05) is 0 Å². The van der Waals surface area contributed by atoms with Crippen LogP contribution < -0.4 is 10.5 Å². The van der Waals surface area contributed by atoms with E-state index in [1.54, 1.807) is 12.1 Å². The molecule has 94 valence electrons. The molecule has 0 amide bonds. The molecule has 0 bridgehead atoms. The van der Waals surface area contributed by atoms with E-state index in [1.165, 1.54) is 11.6 Å². The number of ether oxygens (including phenoxy) is 1. The van der Waals surface area contributed by atoms with Gasteiger partial charge in [0.05, 0.1) is 0 Å². The van der Waals surface area contributed by atoms with Crippen LogP contribution in [-0.2, 0) is 13.2 Å². The quantitative estimate of drug-likeness (QED) is 0.898. The predicted octanol–water partition coefficient (Wildman–Crippen LogP) is 3.17. The molecule has 0 radical (unpaired) electrons. The second-order valence-electron chi connectivity index (χ2n) is 4.21. The first kappa shape index (κ1) is 12.6. The van der Waals surface area contributed by atoms with Crippen molar-refractivity contribution in [3.05, 3.63) is 65.0 Å². The number of para-hydroxylation sites is 1. The summed E-state index contributed by atoms with van der Waals surface area (Å²) < 4.78 is 19.2. The molecule has 0 aliphatic heterocycles. The minimum Gasteiger partial charge on any atom is -0.485 e. The zero-order valence-corrected chi connectivity index (χ0v) is 10.3. The van der Waals surface area contributed by atoms with Gasteiger partial charge >= 0.3 is 0 Å². The summed E-state index contributed by atoms with van der Waals surface area (Å²) in [5.41, 5.74) is 8.44. The Morgan fingerprint density at radius 2 is 1.83 bits per heavy atom. The number of halogens is 1. The Hall–Kier alpha value is -1.87. The zero-order valence-electron chi connectivity index (χ0n) is 10.3. The van der Waals surface area contributed by atoms with Crippen molar-refractivity contribution in [1.82, 2.24) is 0 Å². The fourth-order valence-corrected chi connectivity index (χ4v) is 1.72. The average molecular weight is 245 g/mol. The Morgan fingerprint density at radius 1 is 1.11 bits per heavy atom. The predicted molar refractivity (Wildman–Crippen MR) is 69.8 cm³/mol. The lowest BCUT2D eigenvalue weighted by atomic mass is 10.1. The molecule has 0 atom stereocenters. The van der Waals surface area contributed by atoms with Gasteiger partial charge in [0.1, 0.15) is 6.61 Å². The van der Waals surface area contributed by atoms with E-state index in [0.29, 0.717) is 12.2 Å². The molecule has 0 aromatic heterocycles. The molecule has 0 aliphatic rings. The highest BCUT2D eigenvalue weighted by molar-refractivity contribution is 5.35. The Labute approximate surface area is 106 Å². The van der Waals surface area contributed by atoms with Gasteiger partial charge in [-0.1, -0.05) is 42.0 Å². The topological polar surface area (TPSA) is 35.2 Å². The van der Waals surface area contributed by atoms with Gasteiger partial charge in [0.2, 0.25) is 0 Å². The summed E-state index contributed by atoms with van der Waals surface area (Å²) in [6, 6.07) is 12.7. The van der Waals surface area contributed by atoms with E-state index in [2.05, 4.69) is 0 Å². The van der Waals surface area contributed by atoms with Crippen molar-refractivity contribution in [2.24, 2.45) is 5.73 Å². The summed E-state index contributed by atoms with van der Waals surface area (Å²) in [4.78, 5) is 0. The van der Waals surface area contributed by atoms with Gasteiger partial charge in [-0.2, -0.15) is 0 Å². The molecule has 0 saturated carbocycles. The summed E-state index contributed by atoms with van der Waals surface area (Å²) in [7, 11) is 0. The molecule has 0 unspecified atom stereocenters. The lowest BCUT2D eigenvalue weighted by Crippen LogP contribution is -2.04. The van der Waals surface area contributed by atoms with Crippen LogP contribution in [0.1, 0.15) is 16.7 Å². The van der Waals surface area contributed by atoms with Gasteiger partial charge in [-0.3, -0.25) is 0 Å². The maximum atomic E-state index is 13.6. The minimum absolute atomic E-state index is 0.251. The third kappa shape index (κ3) is 2.87. The Balaban J connectivity index is 2.12. The first-order chi connectivity index (χ1) is 8.70. The molecule has 2 rings (SSSR count). The van der Waals surface area contributed by atoms with E-state index in [1.807, 2.05) is 31.2 Å². The molecular formula is C15H16FNO. The monoisotopic (exact) mass is 245 g/mol. The Kier molecular flexibility index (Phi) is 3.95. The van der Waals surface area contributed by atoms with E-state index in [4.69, 9.17) is 10.5 Å². The Morgan fingerprint density at radius 3 is 2.50 bits per heavy atom. The number of rotatable bonds is 4. The van der Waals surface area contributed by atoms with E-state index < -0.39 is 0 Å². The zero-order chi connectivity index (χ0) is 13.0. The van der Waals surface area contributed by atoms with Crippen LogP contribution in [0.3, 0.4) is 0 Å². The molecule has 2 aromatic rings. The summed E-state index contributed by atoms with van der Waals surface area (Å²) >= 11 is 0. The van der Waals surface area contributed by atoms with Gasteiger partial charge in [-0.15, -0.1) is 0 Å². The van der Waals surface area contributed by atoms with Crippen LogP contribution in [-0.4, -0.2) is 0 Å². The van der Waals surface area contributed by atoms with Crippen LogP contribution in [0, 0.1) is 12.7 Å². The van der Waals surface area contributed by atoms with Gasteiger partial charge in [-0.25, -0.2) is 4.39 Å². The number of benzene rings is 2. The van der Waals surface area contributed by atoms with Crippen LogP contribution in [0.2, 0.25) is 0 Å². The van der Waals surface area contributed by atoms with Gasteiger partial charge in [0.25, 0.3) is 0 Å². The summed E-state index contributed by atoms with van der Waals surface area (Å²) in [5.74, 6) is -0.120. The van der Waals surface area contributed by atoms with Crippen LogP contribution in [0.25, 0.3) is 0 Å². The molecule has 0 fully saturated rings. The molecule has 0 heterocycles. The fraction of sp³-hybridized carbons (Fsp3) is 0.200. The minimum atomic E-state index is -0.370. The Bertz CT molecular complexity index is 523. The molecule has 3 heteroatoms. The van der Waals surface area contributed by atoms with Crippen LogP contribution in [0.4, 0.5) is 4.39 Å². The molecule has 0 saturated heterocycles. The van der Waals surface area contributed by atoms with Crippen molar-refractivity contribution in [2.45, 2.75) is 20.1 Å².